The van der Waals surface area contributed by atoms with E-state index in [-0.39, 0.29) is 23.7 Å². The number of hydrogen-bond donors (Lipinski definition) is 2. The van der Waals surface area contributed by atoms with Gasteiger partial charge < -0.3 is 10.8 Å². The van der Waals surface area contributed by atoms with E-state index in [9.17, 15) is 14.3 Å². The van der Waals surface area contributed by atoms with Crippen molar-refractivity contribution in [3.63, 3.8) is 0 Å². The summed E-state index contributed by atoms with van der Waals surface area (Å²) >= 11 is 0. The van der Waals surface area contributed by atoms with Gasteiger partial charge in [0.2, 0.25) is 5.91 Å². The van der Waals surface area contributed by atoms with Gasteiger partial charge in [-0.1, -0.05) is 12.1 Å². The van der Waals surface area contributed by atoms with Crippen molar-refractivity contribution >= 4 is 5.91 Å². The second kappa shape index (κ2) is 6.33. The van der Waals surface area contributed by atoms with Gasteiger partial charge in [0.1, 0.15) is 5.82 Å². The normalized spacial score (nSPS) is 20.6. The Hall–Kier alpha value is -1.46. The Balaban J connectivity index is 1.96. The summed E-state index contributed by atoms with van der Waals surface area (Å²) in [5.41, 5.74) is 6.02. The van der Waals surface area contributed by atoms with Crippen LogP contribution in [0.4, 0.5) is 4.39 Å². The molecular weight excluding hydrogens is 259 g/mol. The van der Waals surface area contributed by atoms with Gasteiger partial charge in [-0.15, -0.1) is 0 Å². The van der Waals surface area contributed by atoms with E-state index >= 15 is 0 Å². The van der Waals surface area contributed by atoms with Crippen LogP contribution in [0.3, 0.4) is 0 Å². The average Bonchev–Trinajstić information content (AvgIpc) is 2.46. The highest BCUT2D eigenvalue weighted by molar-refractivity contribution is 5.76. The fourth-order valence-electron chi connectivity index (χ4n) is 2.73. The van der Waals surface area contributed by atoms with Crippen LogP contribution in [0.2, 0.25) is 0 Å². The zero-order valence-corrected chi connectivity index (χ0v) is 11.6. The van der Waals surface area contributed by atoms with Crippen LogP contribution < -0.4 is 5.73 Å². The Morgan fingerprint density at radius 1 is 1.35 bits per heavy atom. The van der Waals surface area contributed by atoms with Crippen molar-refractivity contribution in [2.75, 3.05) is 13.1 Å². The average molecular weight is 280 g/mol. The van der Waals surface area contributed by atoms with E-state index in [1.807, 2.05) is 6.92 Å². The number of piperidine rings is 1. The summed E-state index contributed by atoms with van der Waals surface area (Å²) in [6.07, 6.45) is 0.798. The molecule has 2 atom stereocenters. The fourth-order valence-corrected chi connectivity index (χ4v) is 2.73. The summed E-state index contributed by atoms with van der Waals surface area (Å²) in [6.45, 7) is 3.43. The molecule has 0 bridgehead atoms. The topological polar surface area (TPSA) is 66.6 Å². The van der Waals surface area contributed by atoms with Crippen LogP contribution in [0.25, 0.3) is 0 Å². The van der Waals surface area contributed by atoms with Crippen LogP contribution in [0.15, 0.2) is 24.3 Å². The highest BCUT2D eigenvalue weighted by Crippen LogP contribution is 2.25. The van der Waals surface area contributed by atoms with Crippen molar-refractivity contribution in [3.8, 4) is 0 Å². The number of primary amides is 1. The molecule has 0 saturated carbocycles. The van der Waals surface area contributed by atoms with Gasteiger partial charge in [-0.05, 0) is 50.6 Å². The largest absolute Gasteiger partial charge is 0.387 e. The number of nitrogens with zero attached hydrogens (tertiary/aromatic N) is 1. The second-order valence-corrected chi connectivity index (χ2v) is 5.45. The van der Waals surface area contributed by atoms with E-state index in [1.54, 1.807) is 12.1 Å². The molecule has 20 heavy (non-hydrogen) atoms. The first-order chi connectivity index (χ1) is 9.49. The van der Waals surface area contributed by atoms with Crippen LogP contribution in [-0.2, 0) is 4.79 Å². The number of nitrogens with two attached hydrogens (primary N) is 1. The van der Waals surface area contributed by atoms with E-state index in [4.69, 9.17) is 5.73 Å². The lowest BCUT2D eigenvalue weighted by Gasteiger charge is -2.37. The predicted molar refractivity (Wildman–Crippen MR) is 74.3 cm³/mol. The Morgan fingerprint density at radius 3 is 2.40 bits per heavy atom. The first-order valence-electron chi connectivity index (χ1n) is 6.96. The number of likely N-dealkylation sites (tertiary alicyclic amines) is 1. The van der Waals surface area contributed by atoms with Crippen molar-refractivity contribution in [1.29, 1.82) is 0 Å². The third kappa shape index (κ3) is 3.35. The summed E-state index contributed by atoms with van der Waals surface area (Å²) in [5, 5.41) is 10.4. The molecule has 1 amide bonds. The van der Waals surface area contributed by atoms with E-state index < -0.39 is 6.10 Å². The molecular formula is C15H21FN2O2. The molecule has 110 valence electrons. The van der Waals surface area contributed by atoms with Gasteiger partial charge in [-0.2, -0.15) is 0 Å². The minimum Gasteiger partial charge on any atom is -0.387 e. The number of aliphatic hydroxyl groups excluding tert-OH is 1. The Morgan fingerprint density at radius 2 is 1.90 bits per heavy atom. The third-order valence-electron chi connectivity index (χ3n) is 4.18. The van der Waals surface area contributed by atoms with Gasteiger partial charge in [-0.25, -0.2) is 4.39 Å². The van der Waals surface area contributed by atoms with Gasteiger partial charge in [0.05, 0.1) is 6.10 Å². The molecule has 1 aliphatic heterocycles. The van der Waals surface area contributed by atoms with Crippen molar-refractivity contribution in [2.45, 2.75) is 31.9 Å². The van der Waals surface area contributed by atoms with Gasteiger partial charge in [-0.3, -0.25) is 9.69 Å². The van der Waals surface area contributed by atoms with Crippen LogP contribution in [0.5, 0.6) is 0 Å². The quantitative estimate of drug-likeness (QED) is 0.877. The number of rotatable bonds is 4. The Kier molecular flexibility index (Phi) is 4.73. The molecule has 0 aromatic heterocycles. The highest BCUT2D eigenvalue weighted by Gasteiger charge is 2.29. The minimum atomic E-state index is -0.666. The van der Waals surface area contributed by atoms with Gasteiger partial charge in [0, 0.05) is 12.0 Å². The van der Waals surface area contributed by atoms with Gasteiger partial charge in [0.25, 0.3) is 0 Å². The molecule has 0 spiro atoms. The molecule has 1 heterocycles. The van der Waals surface area contributed by atoms with E-state index in [1.165, 1.54) is 12.1 Å². The maximum absolute atomic E-state index is 12.9. The molecule has 1 aliphatic rings. The Bertz CT molecular complexity index is 455. The molecule has 1 aromatic carbocycles. The van der Waals surface area contributed by atoms with Gasteiger partial charge >= 0.3 is 0 Å². The SMILES string of the molecule is CC(C(O)c1ccc(F)cc1)N1CCC(C(N)=O)CC1. The number of hydrogen-bond acceptors (Lipinski definition) is 3. The fraction of sp³-hybridized carbons (Fsp3) is 0.533. The maximum atomic E-state index is 12.9. The molecule has 1 saturated heterocycles. The van der Waals surface area contributed by atoms with Crippen LogP contribution >= 0.6 is 0 Å². The number of halogens is 1. The maximum Gasteiger partial charge on any atom is 0.220 e. The van der Waals surface area contributed by atoms with Crippen molar-refractivity contribution in [1.82, 2.24) is 4.90 Å². The molecule has 2 rings (SSSR count). The lowest BCUT2D eigenvalue weighted by atomic mass is 9.93. The van der Waals surface area contributed by atoms with Crippen LogP contribution in [0.1, 0.15) is 31.4 Å². The van der Waals surface area contributed by atoms with Gasteiger partial charge in [0.15, 0.2) is 0 Å². The second-order valence-electron chi connectivity index (χ2n) is 5.45. The molecule has 2 unspecified atom stereocenters. The lowest BCUT2D eigenvalue weighted by molar-refractivity contribution is -0.123. The third-order valence-corrected chi connectivity index (χ3v) is 4.18. The number of benzene rings is 1. The zero-order chi connectivity index (χ0) is 14.7. The highest BCUT2D eigenvalue weighted by atomic mass is 19.1. The van der Waals surface area contributed by atoms with E-state index in [0.717, 1.165) is 25.9 Å². The molecule has 4 nitrogen and oxygen atoms in total. The first kappa shape index (κ1) is 14.9. The smallest absolute Gasteiger partial charge is 0.220 e. The molecule has 1 fully saturated rings. The van der Waals surface area contributed by atoms with E-state index in [2.05, 4.69) is 4.90 Å². The summed E-state index contributed by atoms with van der Waals surface area (Å²) in [4.78, 5) is 13.3. The summed E-state index contributed by atoms with van der Waals surface area (Å²) in [7, 11) is 0. The monoisotopic (exact) mass is 280 g/mol. The minimum absolute atomic E-state index is 0.0542. The molecule has 5 heteroatoms. The lowest BCUT2D eigenvalue weighted by Crippen LogP contribution is -2.45. The molecule has 0 aliphatic carbocycles. The Labute approximate surface area is 118 Å². The van der Waals surface area contributed by atoms with Crippen molar-refractivity contribution < 1.29 is 14.3 Å². The number of carbonyl (C=O) groups excluding carboxylic acids is 1. The molecule has 3 N–H and O–H groups in total. The first-order valence-corrected chi connectivity index (χ1v) is 6.96. The van der Waals surface area contributed by atoms with Crippen LogP contribution in [0, 0.1) is 11.7 Å². The summed E-state index contributed by atoms with van der Waals surface area (Å²) in [6, 6.07) is 5.84. The van der Waals surface area contributed by atoms with Crippen molar-refractivity contribution in [3.05, 3.63) is 35.6 Å². The van der Waals surface area contributed by atoms with E-state index in [0.29, 0.717) is 5.56 Å². The summed E-state index contributed by atoms with van der Waals surface area (Å²) < 4.78 is 12.9. The number of carbonyl (C=O) groups is 1. The molecule has 1 aromatic rings. The van der Waals surface area contributed by atoms with Crippen molar-refractivity contribution in [2.24, 2.45) is 11.7 Å². The molecule has 0 radical (unpaired) electrons. The zero-order valence-electron chi connectivity index (χ0n) is 11.6. The predicted octanol–water partition coefficient (Wildman–Crippen LogP) is 1.44. The number of amides is 1. The summed E-state index contributed by atoms with van der Waals surface area (Å²) in [5.74, 6) is -0.603. The van der Waals surface area contributed by atoms with Crippen LogP contribution in [-0.4, -0.2) is 35.0 Å². The standard InChI is InChI=1S/C15H21FN2O2/c1-10(14(19)11-2-4-13(16)5-3-11)18-8-6-12(7-9-18)15(17)20/h2-5,10,12,14,19H,6-9H2,1H3,(H2,17,20). The number of aliphatic hydroxyl groups is 1.